The molecule has 22 heavy (non-hydrogen) atoms. The van der Waals surface area contributed by atoms with Crippen LogP contribution in [0.15, 0.2) is 53.4 Å². The molecule has 1 N–H and O–H groups in total. The van der Waals surface area contributed by atoms with E-state index in [-0.39, 0.29) is 39.5 Å². The summed E-state index contributed by atoms with van der Waals surface area (Å²) in [7, 11) is -4.39. The third-order valence-corrected chi connectivity index (χ3v) is 5.18. The van der Waals surface area contributed by atoms with Crippen molar-refractivity contribution in [1.29, 1.82) is 0 Å². The van der Waals surface area contributed by atoms with Crippen molar-refractivity contribution < 1.29 is 13.0 Å². The van der Waals surface area contributed by atoms with Crippen molar-refractivity contribution in [2.24, 2.45) is 0 Å². The Bertz CT molecular complexity index is 1110. The molecule has 4 aromatic carbocycles. The van der Waals surface area contributed by atoms with E-state index in [1.54, 1.807) is 12.1 Å². The molecule has 0 aromatic heterocycles. The second kappa shape index (κ2) is 5.34. The number of hydrogen-bond donors (Lipinski definition) is 1. The van der Waals surface area contributed by atoms with Crippen molar-refractivity contribution in [3.63, 3.8) is 0 Å². The van der Waals surface area contributed by atoms with E-state index in [4.69, 9.17) is 11.6 Å². The summed E-state index contributed by atoms with van der Waals surface area (Å²) in [4.78, 5) is -0.227. The Kier molecular flexibility index (Phi) is 3.88. The Morgan fingerprint density at radius 1 is 0.864 bits per heavy atom. The van der Waals surface area contributed by atoms with Crippen LogP contribution in [0.25, 0.3) is 32.3 Å². The normalized spacial score (nSPS) is 12.1. The molecule has 4 aromatic rings. The third-order valence-electron chi connectivity index (χ3n) is 3.81. The van der Waals surface area contributed by atoms with Gasteiger partial charge in [-0.25, -0.2) is 0 Å². The fourth-order valence-electron chi connectivity index (χ4n) is 3.01. The predicted molar refractivity (Wildman–Crippen MR) is 92.1 cm³/mol. The van der Waals surface area contributed by atoms with Crippen LogP contribution in [0.4, 0.5) is 0 Å². The van der Waals surface area contributed by atoms with Gasteiger partial charge in [-0.1, -0.05) is 54.1 Å². The van der Waals surface area contributed by atoms with Gasteiger partial charge in [-0.15, -0.1) is 0 Å². The molecule has 0 heterocycles. The standard InChI is InChI=1S/C16H9ClO3S.Na.H/c17-13-8-11-5-4-9-2-1-3-10-6-7-12(15(11)14(9)10)16(13)21(18,19)20;;/h1-8H,(H,18,19,20);;. The Balaban J connectivity index is 0.00000144. The molecule has 0 atom stereocenters. The van der Waals surface area contributed by atoms with E-state index in [0.29, 0.717) is 5.39 Å². The van der Waals surface area contributed by atoms with E-state index in [1.165, 1.54) is 0 Å². The molecule has 0 bridgehead atoms. The molecule has 0 radical (unpaired) electrons. The van der Waals surface area contributed by atoms with Gasteiger partial charge in [-0.3, -0.25) is 4.55 Å². The molecule has 0 amide bonds. The number of benzene rings is 4. The molecule has 0 saturated heterocycles. The van der Waals surface area contributed by atoms with E-state index in [2.05, 4.69) is 0 Å². The number of rotatable bonds is 1. The maximum atomic E-state index is 11.7. The van der Waals surface area contributed by atoms with Crippen LogP contribution in [-0.4, -0.2) is 42.5 Å². The summed E-state index contributed by atoms with van der Waals surface area (Å²) < 4.78 is 32.8. The molecule has 106 valence electrons. The van der Waals surface area contributed by atoms with Crippen LogP contribution in [0.3, 0.4) is 0 Å². The average Bonchev–Trinajstić information content (AvgIpc) is 2.42. The van der Waals surface area contributed by atoms with E-state index in [1.807, 2.05) is 36.4 Å². The van der Waals surface area contributed by atoms with Crippen LogP contribution in [0, 0.1) is 0 Å². The molecule has 6 heteroatoms. The van der Waals surface area contributed by atoms with Gasteiger partial charge in [-0.05, 0) is 33.0 Å². The molecule has 0 aliphatic rings. The van der Waals surface area contributed by atoms with Crippen molar-refractivity contribution in [3.05, 3.63) is 53.6 Å². The first-order valence-electron chi connectivity index (χ1n) is 6.30. The number of halogens is 1. The molecule has 0 spiro atoms. The predicted octanol–water partition coefficient (Wildman–Crippen LogP) is 3.84. The molecular formula is C16H10ClNaO3S. The van der Waals surface area contributed by atoms with E-state index in [0.717, 1.165) is 26.9 Å². The summed E-state index contributed by atoms with van der Waals surface area (Å²) in [5.74, 6) is 0. The van der Waals surface area contributed by atoms with Gasteiger partial charge < -0.3 is 0 Å². The molecule has 3 nitrogen and oxygen atoms in total. The Hall–Kier alpha value is -0.880. The van der Waals surface area contributed by atoms with Gasteiger partial charge in [-0.2, -0.15) is 8.42 Å². The maximum absolute atomic E-state index is 11.7. The second-order valence-electron chi connectivity index (χ2n) is 5.02. The minimum atomic E-state index is -4.39. The molecule has 4 rings (SSSR count). The second-order valence-corrected chi connectivity index (χ2v) is 6.78. The Morgan fingerprint density at radius 2 is 1.45 bits per heavy atom. The molecule has 0 fully saturated rings. The monoisotopic (exact) mass is 340 g/mol. The topological polar surface area (TPSA) is 54.4 Å². The van der Waals surface area contributed by atoms with Gasteiger partial charge >= 0.3 is 29.6 Å². The Morgan fingerprint density at radius 3 is 2.09 bits per heavy atom. The van der Waals surface area contributed by atoms with Crippen molar-refractivity contribution >= 4 is 83.6 Å². The first kappa shape index (κ1) is 16.0. The SMILES string of the molecule is O=S(=O)(O)c1c(Cl)cc2ccc3cccc4ccc1c2c34.[NaH]. The van der Waals surface area contributed by atoms with E-state index >= 15 is 0 Å². The van der Waals surface area contributed by atoms with Gasteiger partial charge in [0.2, 0.25) is 0 Å². The molecule has 0 saturated carbocycles. The van der Waals surface area contributed by atoms with E-state index < -0.39 is 10.1 Å². The third kappa shape index (κ3) is 2.22. The van der Waals surface area contributed by atoms with Crippen LogP contribution >= 0.6 is 11.6 Å². The Labute approximate surface area is 154 Å². The van der Waals surface area contributed by atoms with E-state index in [9.17, 15) is 13.0 Å². The first-order valence-corrected chi connectivity index (χ1v) is 8.12. The summed E-state index contributed by atoms with van der Waals surface area (Å²) in [6, 6.07) is 14.9. The summed E-state index contributed by atoms with van der Waals surface area (Å²) in [5, 5.41) is 5.17. The van der Waals surface area contributed by atoms with Gasteiger partial charge in [0.25, 0.3) is 10.1 Å². The van der Waals surface area contributed by atoms with Crippen molar-refractivity contribution in [2.45, 2.75) is 4.90 Å². The quantitative estimate of drug-likeness (QED) is 0.325. The molecule has 0 unspecified atom stereocenters. The summed E-state index contributed by atoms with van der Waals surface area (Å²) in [6.07, 6.45) is 0. The van der Waals surface area contributed by atoms with Gasteiger partial charge in [0, 0.05) is 5.39 Å². The molecule has 0 aliphatic heterocycles. The van der Waals surface area contributed by atoms with Crippen molar-refractivity contribution in [1.82, 2.24) is 0 Å². The van der Waals surface area contributed by atoms with Crippen molar-refractivity contribution in [2.75, 3.05) is 0 Å². The molecular weight excluding hydrogens is 331 g/mol. The summed E-state index contributed by atoms with van der Waals surface area (Å²) in [6.45, 7) is 0. The zero-order valence-electron chi connectivity index (χ0n) is 10.7. The van der Waals surface area contributed by atoms with Crippen LogP contribution < -0.4 is 0 Å². The van der Waals surface area contributed by atoms with Crippen LogP contribution in [0.2, 0.25) is 5.02 Å². The van der Waals surface area contributed by atoms with Crippen LogP contribution in [-0.2, 0) is 10.1 Å². The van der Waals surface area contributed by atoms with Gasteiger partial charge in [0.05, 0.1) is 5.02 Å². The zero-order valence-corrected chi connectivity index (χ0v) is 12.2. The zero-order chi connectivity index (χ0) is 14.8. The van der Waals surface area contributed by atoms with Crippen molar-refractivity contribution in [3.8, 4) is 0 Å². The van der Waals surface area contributed by atoms with Crippen LogP contribution in [0.5, 0.6) is 0 Å². The average molecular weight is 341 g/mol. The fourth-order valence-corrected chi connectivity index (χ4v) is 4.28. The fraction of sp³-hybridized carbons (Fsp3) is 0. The van der Waals surface area contributed by atoms with Gasteiger partial charge in [0.1, 0.15) is 4.90 Å². The van der Waals surface area contributed by atoms with Crippen LogP contribution in [0.1, 0.15) is 0 Å². The van der Waals surface area contributed by atoms with Gasteiger partial charge in [0.15, 0.2) is 0 Å². The first-order chi connectivity index (χ1) is 9.97. The summed E-state index contributed by atoms with van der Waals surface area (Å²) in [5.41, 5.74) is 0. The minimum absolute atomic E-state index is 0. The number of hydrogen-bond acceptors (Lipinski definition) is 2. The summed E-state index contributed by atoms with van der Waals surface area (Å²) >= 11 is 6.07. The molecule has 0 aliphatic carbocycles.